The van der Waals surface area contributed by atoms with E-state index in [9.17, 15) is 0 Å². The second-order valence-electron chi connectivity index (χ2n) is 6.50. The molecule has 2 aliphatic rings. The van der Waals surface area contributed by atoms with Crippen LogP contribution in [0, 0.1) is 5.41 Å². The molecule has 130 valence electrons. The monoisotopic (exact) mass is 432 g/mol. The zero-order valence-electron chi connectivity index (χ0n) is 14.3. The lowest BCUT2D eigenvalue weighted by molar-refractivity contribution is -0.168. The lowest BCUT2D eigenvalue weighted by Gasteiger charge is -2.61. The van der Waals surface area contributed by atoms with Crippen molar-refractivity contribution in [3.05, 3.63) is 24.0 Å². The van der Waals surface area contributed by atoms with Crippen LogP contribution in [0.1, 0.15) is 38.3 Å². The van der Waals surface area contributed by atoms with Crippen molar-refractivity contribution in [1.82, 2.24) is 15.2 Å². The fourth-order valence-electron chi connectivity index (χ4n) is 3.85. The molecule has 5 nitrogen and oxygen atoms in total. The molecule has 2 saturated carbocycles. The third-order valence-corrected chi connectivity index (χ3v) is 5.46. The van der Waals surface area contributed by atoms with Gasteiger partial charge in [0, 0.05) is 44.0 Å². The van der Waals surface area contributed by atoms with E-state index in [1.54, 1.807) is 0 Å². The van der Waals surface area contributed by atoms with Gasteiger partial charge in [-0.25, -0.2) is 0 Å². The summed E-state index contributed by atoms with van der Waals surface area (Å²) in [5, 5.41) is 7.04. The van der Waals surface area contributed by atoms with E-state index in [1.165, 1.54) is 25.0 Å². The highest BCUT2D eigenvalue weighted by atomic mass is 127. The molecule has 23 heavy (non-hydrogen) atoms. The van der Waals surface area contributed by atoms with Crippen molar-refractivity contribution in [3.63, 3.8) is 0 Å². The number of aryl methyl sites for hydroxylation is 1. The molecule has 2 unspecified atom stereocenters. The second-order valence-corrected chi connectivity index (χ2v) is 6.50. The largest absolute Gasteiger partial charge is 0.378 e. The summed E-state index contributed by atoms with van der Waals surface area (Å²) in [4.78, 5) is 4.38. The van der Waals surface area contributed by atoms with Crippen LogP contribution in [0.15, 0.2) is 23.3 Å². The van der Waals surface area contributed by atoms with Gasteiger partial charge in [-0.1, -0.05) is 6.42 Å². The maximum atomic E-state index is 5.91. The number of aliphatic imine (C=N–C) groups is 1. The van der Waals surface area contributed by atoms with Gasteiger partial charge in [0.2, 0.25) is 0 Å². The van der Waals surface area contributed by atoms with Gasteiger partial charge in [0.05, 0.1) is 12.6 Å². The van der Waals surface area contributed by atoms with Crippen LogP contribution in [0.2, 0.25) is 0 Å². The minimum atomic E-state index is 0. The number of halogens is 1. The summed E-state index contributed by atoms with van der Waals surface area (Å²) in [6.07, 6.45) is 7.49. The molecule has 1 aromatic rings. The molecule has 6 heteroatoms. The lowest BCUT2D eigenvalue weighted by atomic mass is 9.51. The number of aromatic nitrogens is 1. The molecule has 1 spiro atoms. The number of nitrogens with zero attached hydrogens (tertiary/aromatic N) is 2. The van der Waals surface area contributed by atoms with Crippen molar-refractivity contribution >= 4 is 29.9 Å². The van der Waals surface area contributed by atoms with Gasteiger partial charge < -0.3 is 19.9 Å². The van der Waals surface area contributed by atoms with E-state index in [4.69, 9.17) is 4.74 Å². The molecular formula is C17H29IN4O. The molecule has 2 atom stereocenters. The quantitative estimate of drug-likeness (QED) is 0.428. The van der Waals surface area contributed by atoms with E-state index >= 15 is 0 Å². The Morgan fingerprint density at radius 2 is 2.26 bits per heavy atom. The molecule has 0 bridgehead atoms. The molecule has 3 rings (SSSR count). The molecule has 2 fully saturated rings. The van der Waals surface area contributed by atoms with E-state index in [1.807, 2.05) is 7.05 Å². The average molecular weight is 432 g/mol. The lowest BCUT2D eigenvalue weighted by Crippen LogP contribution is -2.68. The number of guanidine groups is 1. The summed E-state index contributed by atoms with van der Waals surface area (Å²) >= 11 is 0. The van der Waals surface area contributed by atoms with Crippen LogP contribution in [0.5, 0.6) is 0 Å². The summed E-state index contributed by atoms with van der Waals surface area (Å²) in [6.45, 7) is 3.70. The SMILES string of the molecule is CCOC1CC(NC(=NC)NCc2cccn2C)C12CCC2.I. The highest BCUT2D eigenvalue weighted by Crippen LogP contribution is 2.57. The van der Waals surface area contributed by atoms with E-state index in [0.29, 0.717) is 17.6 Å². The molecule has 1 heterocycles. The van der Waals surface area contributed by atoms with Crippen molar-refractivity contribution < 1.29 is 4.74 Å². The number of hydrogen-bond acceptors (Lipinski definition) is 2. The molecule has 0 aliphatic heterocycles. The number of ether oxygens (including phenoxy) is 1. The predicted octanol–water partition coefficient (Wildman–Crippen LogP) is 2.66. The molecule has 2 N–H and O–H groups in total. The molecule has 2 aliphatic carbocycles. The van der Waals surface area contributed by atoms with Gasteiger partial charge >= 0.3 is 0 Å². The van der Waals surface area contributed by atoms with Gasteiger partial charge in [-0.2, -0.15) is 0 Å². The zero-order chi connectivity index (χ0) is 15.6. The Kier molecular flexibility index (Phi) is 6.36. The molecule has 0 radical (unpaired) electrons. The summed E-state index contributed by atoms with van der Waals surface area (Å²) in [5.41, 5.74) is 1.61. The molecule has 0 saturated heterocycles. The van der Waals surface area contributed by atoms with Crippen LogP contribution >= 0.6 is 24.0 Å². The second kappa shape index (κ2) is 7.88. The molecule has 0 aromatic carbocycles. The van der Waals surface area contributed by atoms with E-state index in [-0.39, 0.29) is 24.0 Å². The van der Waals surface area contributed by atoms with Crippen LogP contribution < -0.4 is 10.6 Å². The van der Waals surface area contributed by atoms with E-state index in [0.717, 1.165) is 25.5 Å². The predicted molar refractivity (Wildman–Crippen MR) is 104 cm³/mol. The smallest absolute Gasteiger partial charge is 0.191 e. The van der Waals surface area contributed by atoms with Crippen molar-refractivity contribution in [2.45, 2.75) is 51.3 Å². The standard InChI is InChI=1S/C17H28N4O.HI/c1-4-22-15-11-14(17(15)8-6-9-17)20-16(18-2)19-12-13-7-5-10-21(13)3;/h5,7,10,14-15H,4,6,8-9,11-12H2,1-3H3,(H2,18,19,20);1H. The summed E-state index contributed by atoms with van der Waals surface area (Å²) < 4.78 is 8.04. The van der Waals surface area contributed by atoms with E-state index < -0.39 is 0 Å². The van der Waals surface area contributed by atoms with Gasteiger partial charge in [-0.3, -0.25) is 4.99 Å². The fourth-order valence-corrected chi connectivity index (χ4v) is 3.85. The van der Waals surface area contributed by atoms with Gasteiger partial charge in [0.25, 0.3) is 0 Å². The molecule has 1 aromatic heterocycles. The Labute approximate surface area is 156 Å². The van der Waals surface area contributed by atoms with E-state index in [2.05, 4.69) is 52.5 Å². The highest BCUT2D eigenvalue weighted by molar-refractivity contribution is 14.0. The number of hydrogen-bond donors (Lipinski definition) is 2. The minimum Gasteiger partial charge on any atom is -0.378 e. The average Bonchev–Trinajstić information content (AvgIpc) is 2.84. The first-order valence-electron chi connectivity index (χ1n) is 8.38. The van der Waals surface area contributed by atoms with Crippen molar-refractivity contribution in [1.29, 1.82) is 0 Å². The Bertz CT molecular complexity index is 538. The van der Waals surface area contributed by atoms with Crippen LogP contribution in [0.3, 0.4) is 0 Å². The maximum Gasteiger partial charge on any atom is 0.191 e. The normalized spacial score (nSPS) is 25.3. The number of rotatable bonds is 5. The van der Waals surface area contributed by atoms with Gasteiger partial charge in [-0.15, -0.1) is 24.0 Å². The van der Waals surface area contributed by atoms with Crippen molar-refractivity contribution in [3.8, 4) is 0 Å². The van der Waals surface area contributed by atoms with Crippen LogP contribution in [-0.4, -0.2) is 36.3 Å². The molecule has 0 amide bonds. The minimum absolute atomic E-state index is 0. The topological polar surface area (TPSA) is 50.6 Å². The number of nitrogens with one attached hydrogen (secondary N) is 2. The van der Waals surface area contributed by atoms with Crippen LogP contribution in [0.25, 0.3) is 0 Å². The third kappa shape index (κ3) is 3.52. The Morgan fingerprint density at radius 3 is 2.78 bits per heavy atom. The van der Waals surface area contributed by atoms with Gasteiger partial charge in [-0.05, 0) is 38.3 Å². The summed E-state index contributed by atoms with van der Waals surface area (Å²) in [5.74, 6) is 0.896. The first-order valence-corrected chi connectivity index (χ1v) is 8.38. The fraction of sp³-hybridized carbons (Fsp3) is 0.706. The highest BCUT2D eigenvalue weighted by Gasteiger charge is 2.59. The first-order chi connectivity index (χ1) is 10.7. The Morgan fingerprint density at radius 1 is 1.48 bits per heavy atom. The summed E-state index contributed by atoms with van der Waals surface area (Å²) in [7, 11) is 3.90. The zero-order valence-corrected chi connectivity index (χ0v) is 16.7. The van der Waals surface area contributed by atoms with Crippen LogP contribution in [-0.2, 0) is 18.3 Å². The van der Waals surface area contributed by atoms with Crippen molar-refractivity contribution in [2.75, 3.05) is 13.7 Å². The maximum absolute atomic E-state index is 5.91. The Hall–Kier alpha value is -0.760. The third-order valence-electron chi connectivity index (χ3n) is 5.46. The molecular weight excluding hydrogens is 403 g/mol. The first kappa shape index (κ1) is 18.6. The van der Waals surface area contributed by atoms with Gasteiger partial charge in [0.15, 0.2) is 5.96 Å². The van der Waals surface area contributed by atoms with Gasteiger partial charge in [0.1, 0.15) is 0 Å². The Balaban J connectivity index is 0.00000192. The van der Waals surface area contributed by atoms with Crippen LogP contribution in [0.4, 0.5) is 0 Å². The van der Waals surface area contributed by atoms with Crippen molar-refractivity contribution in [2.24, 2.45) is 17.5 Å². The summed E-state index contributed by atoms with van der Waals surface area (Å²) in [6, 6.07) is 4.69.